The van der Waals surface area contributed by atoms with E-state index in [9.17, 15) is 0 Å². The summed E-state index contributed by atoms with van der Waals surface area (Å²) in [5.74, 6) is 0.626. The van der Waals surface area contributed by atoms with Gasteiger partial charge in [-0.05, 0) is 40.8 Å². The third kappa shape index (κ3) is 1.50. The molecule has 1 aromatic heterocycles. The van der Waals surface area contributed by atoms with Crippen molar-refractivity contribution in [3.05, 3.63) is 20.8 Å². The summed E-state index contributed by atoms with van der Waals surface area (Å²) in [7, 11) is 0. The molecule has 1 aliphatic rings. The maximum Gasteiger partial charge on any atom is 0.0552 e. The molecule has 1 aromatic rings. The largest absolute Gasteiger partial charge is 0.393 e. The summed E-state index contributed by atoms with van der Waals surface area (Å²) in [5.41, 5.74) is 0. The van der Waals surface area contributed by atoms with Gasteiger partial charge in [-0.25, -0.2) is 0 Å². The van der Waals surface area contributed by atoms with Crippen LogP contribution in [-0.2, 0) is 0 Å². The fourth-order valence-electron chi connectivity index (χ4n) is 1.36. The monoisotopic (exact) mass is 232 g/mol. The molecule has 0 aromatic carbocycles. The lowest BCUT2D eigenvalue weighted by Crippen LogP contribution is -2.25. The second kappa shape index (κ2) is 2.88. The van der Waals surface area contributed by atoms with Crippen LogP contribution in [0.2, 0.25) is 0 Å². The average Bonchev–Trinajstić information content (AvgIpc) is 2.29. The highest BCUT2D eigenvalue weighted by atomic mass is 79.9. The van der Waals surface area contributed by atoms with E-state index in [1.54, 1.807) is 11.3 Å². The summed E-state index contributed by atoms with van der Waals surface area (Å²) in [6.07, 6.45) is 1.86. The van der Waals surface area contributed by atoms with Gasteiger partial charge < -0.3 is 5.11 Å². The third-order valence-electron chi connectivity index (χ3n) is 2.10. The molecule has 0 atom stereocenters. The molecule has 1 heterocycles. The molecule has 11 heavy (non-hydrogen) atoms. The number of thiophene rings is 1. The minimum absolute atomic E-state index is 0.0409. The van der Waals surface area contributed by atoms with Crippen molar-refractivity contribution in [2.45, 2.75) is 24.9 Å². The Morgan fingerprint density at radius 1 is 1.55 bits per heavy atom. The van der Waals surface area contributed by atoms with E-state index in [1.165, 1.54) is 9.35 Å². The van der Waals surface area contributed by atoms with Gasteiger partial charge in [0.25, 0.3) is 0 Å². The van der Waals surface area contributed by atoms with E-state index in [1.807, 2.05) is 0 Å². The van der Waals surface area contributed by atoms with Crippen molar-refractivity contribution in [1.29, 1.82) is 0 Å². The van der Waals surface area contributed by atoms with Crippen LogP contribution in [0.1, 0.15) is 23.6 Å². The van der Waals surface area contributed by atoms with Crippen LogP contribution in [0.3, 0.4) is 0 Å². The second-order valence-corrected chi connectivity index (χ2v) is 4.85. The zero-order chi connectivity index (χ0) is 7.84. The Bertz CT molecular complexity index is 252. The Hall–Kier alpha value is 0.140. The van der Waals surface area contributed by atoms with E-state index in [2.05, 4.69) is 27.4 Å². The number of hydrogen-bond acceptors (Lipinski definition) is 2. The molecule has 0 spiro atoms. The molecule has 0 bridgehead atoms. The normalized spacial score (nSPS) is 30.0. The standard InChI is InChI=1S/C8H9BrOS/c9-6-3-8(11-4-6)5-1-7(10)2-5/h3-5,7,10H,1-2H2. The number of rotatable bonds is 1. The molecule has 0 radical (unpaired) electrons. The van der Waals surface area contributed by atoms with Gasteiger partial charge >= 0.3 is 0 Å². The maximum atomic E-state index is 9.08. The van der Waals surface area contributed by atoms with Crippen molar-refractivity contribution in [2.24, 2.45) is 0 Å². The minimum atomic E-state index is -0.0409. The molecule has 0 unspecified atom stereocenters. The fourth-order valence-corrected chi connectivity index (χ4v) is 2.94. The van der Waals surface area contributed by atoms with Crippen LogP contribution in [0, 0.1) is 0 Å². The van der Waals surface area contributed by atoms with E-state index in [-0.39, 0.29) is 6.10 Å². The number of halogens is 1. The van der Waals surface area contributed by atoms with Gasteiger partial charge in [0.05, 0.1) is 6.10 Å². The summed E-state index contributed by atoms with van der Waals surface area (Å²) in [6, 6.07) is 2.15. The molecule has 1 fully saturated rings. The summed E-state index contributed by atoms with van der Waals surface area (Å²) in [4.78, 5) is 1.40. The van der Waals surface area contributed by atoms with Crippen LogP contribution >= 0.6 is 27.3 Å². The van der Waals surface area contributed by atoms with Crippen molar-refractivity contribution in [1.82, 2.24) is 0 Å². The molecule has 0 amide bonds. The average molecular weight is 233 g/mol. The first-order valence-electron chi connectivity index (χ1n) is 3.67. The Morgan fingerprint density at radius 2 is 2.27 bits per heavy atom. The SMILES string of the molecule is OC1CC(c2cc(Br)cs2)C1. The van der Waals surface area contributed by atoms with Gasteiger partial charge in [-0.2, -0.15) is 0 Å². The van der Waals surface area contributed by atoms with Crippen LogP contribution in [0.5, 0.6) is 0 Å². The van der Waals surface area contributed by atoms with E-state index < -0.39 is 0 Å². The lowest BCUT2D eigenvalue weighted by atomic mass is 9.81. The van der Waals surface area contributed by atoms with Crippen molar-refractivity contribution in [3.63, 3.8) is 0 Å². The quantitative estimate of drug-likeness (QED) is 0.790. The molecule has 0 saturated heterocycles. The highest BCUT2D eigenvalue weighted by molar-refractivity contribution is 9.10. The van der Waals surface area contributed by atoms with Gasteiger partial charge in [0.15, 0.2) is 0 Å². The Balaban J connectivity index is 2.07. The molecule has 1 aliphatic carbocycles. The molecular formula is C8H9BrOS. The first-order chi connectivity index (χ1) is 5.25. The molecule has 1 saturated carbocycles. The molecular weight excluding hydrogens is 224 g/mol. The zero-order valence-corrected chi connectivity index (χ0v) is 8.36. The topological polar surface area (TPSA) is 20.2 Å². The van der Waals surface area contributed by atoms with Crippen LogP contribution in [0.15, 0.2) is 15.9 Å². The highest BCUT2D eigenvalue weighted by Gasteiger charge is 2.29. The zero-order valence-electron chi connectivity index (χ0n) is 5.96. The van der Waals surface area contributed by atoms with Gasteiger partial charge in [-0.3, -0.25) is 0 Å². The van der Waals surface area contributed by atoms with Crippen LogP contribution in [0.25, 0.3) is 0 Å². The smallest absolute Gasteiger partial charge is 0.0552 e. The van der Waals surface area contributed by atoms with Crippen LogP contribution in [0.4, 0.5) is 0 Å². The second-order valence-electron chi connectivity index (χ2n) is 2.99. The van der Waals surface area contributed by atoms with Crippen LogP contribution in [-0.4, -0.2) is 11.2 Å². The molecule has 3 heteroatoms. The van der Waals surface area contributed by atoms with Crippen molar-refractivity contribution < 1.29 is 5.11 Å². The van der Waals surface area contributed by atoms with Crippen molar-refractivity contribution >= 4 is 27.3 Å². The van der Waals surface area contributed by atoms with Crippen molar-refractivity contribution in [3.8, 4) is 0 Å². The fraction of sp³-hybridized carbons (Fsp3) is 0.500. The number of aliphatic hydroxyl groups is 1. The predicted octanol–water partition coefficient (Wildman–Crippen LogP) is 2.75. The lowest BCUT2D eigenvalue weighted by Gasteiger charge is -2.30. The van der Waals surface area contributed by atoms with E-state index in [0.29, 0.717) is 5.92 Å². The van der Waals surface area contributed by atoms with Gasteiger partial charge in [0.2, 0.25) is 0 Å². The van der Waals surface area contributed by atoms with Crippen molar-refractivity contribution in [2.75, 3.05) is 0 Å². The Morgan fingerprint density at radius 3 is 2.73 bits per heavy atom. The lowest BCUT2D eigenvalue weighted by molar-refractivity contribution is 0.0758. The van der Waals surface area contributed by atoms with E-state index in [0.717, 1.165) is 12.8 Å². The van der Waals surface area contributed by atoms with Gasteiger partial charge in [-0.15, -0.1) is 11.3 Å². The van der Waals surface area contributed by atoms with Gasteiger partial charge in [0.1, 0.15) is 0 Å². The maximum absolute atomic E-state index is 9.08. The summed E-state index contributed by atoms with van der Waals surface area (Å²) in [5, 5.41) is 11.2. The summed E-state index contributed by atoms with van der Waals surface area (Å²) in [6.45, 7) is 0. The van der Waals surface area contributed by atoms with E-state index >= 15 is 0 Å². The molecule has 60 valence electrons. The van der Waals surface area contributed by atoms with Gasteiger partial charge in [-0.1, -0.05) is 0 Å². The third-order valence-corrected chi connectivity index (χ3v) is 3.96. The Labute approximate surface area is 78.2 Å². The minimum Gasteiger partial charge on any atom is -0.393 e. The van der Waals surface area contributed by atoms with Crippen LogP contribution < -0.4 is 0 Å². The predicted molar refractivity (Wildman–Crippen MR) is 50.0 cm³/mol. The first kappa shape index (κ1) is 7.77. The first-order valence-corrected chi connectivity index (χ1v) is 5.35. The molecule has 2 rings (SSSR count). The van der Waals surface area contributed by atoms with Gasteiger partial charge in [0, 0.05) is 14.7 Å². The molecule has 1 N–H and O–H groups in total. The number of hydrogen-bond donors (Lipinski definition) is 1. The highest BCUT2D eigenvalue weighted by Crippen LogP contribution is 2.40. The number of aliphatic hydroxyl groups excluding tert-OH is 1. The molecule has 1 nitrogen and oxygen atoms in total. The summed E-state index contributed by atoms with van der Waals surface area (Å²) < 4.78 is 1.17. The molecule has 0 aliphatic heterocycles. The van der Waals surface area contributed by atoms with E-state index in [4.69, 9.17) is 5.11 Å². The summed E-state index contributed by atoms with van der Waals surface area (Å²) >= 11 is 5.19. The Kier molecular flexibility index (Phi) is 2.04.